The van der Waals surface area contributed by atoms with Crippen LogP contribution in [-0.4, -0.2) is 48.8 Å². The van der Waals surface area contributed by atoms with Crippen molar-refractivity contribution in [2.24, 2.45) is 5.92 Å². The van der Waals surface area contributed by atoms with Gasteiger partial charge in [-0.15, -0.1) is 0 Å². The van der Waals surface area contributed by atoms with Crippen molar-refractivity contribution in [1.29, 1.82) is 0 Å². The van der Waals surface area contributed by atoms with Gasteiger partial charge in [-0.05, 0) is 75.3 Å². The largest absolute Gasteiger partial charge is 0.497 e. The van der Waals surface area contributed by atoms with E-state index in [1.165, 1.54) is 12.5 Å². The number of hydrogen-bond acceptors (Lipinski definition) is 5. The maximum atomic E-state index is 11.2. The lowest BCUT2D eigenvalue weighted by Gasteiger charge is -2.41. The van der Waals surface area contributed by atoms with Crippen LogP contribution in [0, 0.1) is 12.8 Å². The van der Waals surface area contributed by atoms with Crippen molar-refractivity contribution in [2.45, 2.75) is 38.2 Å². The van der Waals surface area contributed by atoms with Crippen LogP contribution in [0.2, 0.25) is 10.0 Å². The number of aliphatic hydroxyl groups is 1. The number of benzene rings is 3. The maximum absolute atomic E-state index is 11.2. The minimum absolute atomic E-state index is 0.163. The van der Waals surface area contributed by atoms with Crippen molar-refractivity contribution in [3.05, 3.63) is 87.4 Å². The Hall–Kier alpha value is -2.77. The van der Waals surface area contributed by atoms with E-state index in [9.17, 15) is 9.90 Å². The van der Waals surface area contributed by atoms with E-state index in [0.717, 1.165) is 42.7 Å². The summed E-state index contributed by atoms with van der Waals surface area (Å²) >= 11 is 12.3. The molecule has 8 heteroatoms. The summed E-state index contributed by atoms with van der Waals surface area (Å²) in [7, 11) is 5.81. The lowest BCUT2D eigenvalue weighted by atomic mass is 9.71. The van der Waals surface area contributed by atoms with Crippen molar-refractivity contribution < 1.29 is 19.7 Å². The highest BCUT2D eigenvalue weighted by molar-refractivity contribution is 6.39. The van der Waals surface area contributed by atoms with Gasteiger partial charge < -0.3 is 25.2 Å². The average molecular weight is 560 g/mol. The van der Waals surface area contributed by atoms with Crippen LogP contribution in [0.15, 0.2) is 60.7 Å². The fourth-order valence-corrected chi connectivity index (χ4v) is 5.33. The predicted molar refractivity (Wildman–Crippen MR) is 155 cm³/mol. The zero-order valence-electron chi connectivity index (χ0n) is 22.3. The normalized spacial score (nSPS) is 18.9. The van der Waals surface area contributed by atoms with Gasteiger partial charge in [0.15, 0.2) is 0 Å². The van der Waals surface area contributed by atoms with Gasteiger partial charge in [-0.2, -0.15) is 0 Å². The van der Waals surface area contributed by atoms with Crippen LogP contribution in [0.3, 0.4) is 0 Å². The number of halogens is 2. The summed E-state index contributed by atoms with van der Waals surface area (Å²) in [5.74, 6) is 0.103. The minimum atomic E-state index is -1.01. The Kier molecular flexibility index (Phi) is 10.5. The quantitative estimate of drug-likeness (QED) is 0.280. The van der Waals surface area contributed by atoms with Crippen LogP contribution in [0.5, 0.6) is 5.75 Å². The van der Waals surface area contributed by atoms with Gasteiger partial charge in [0, 0.05) is 12.5 Å². The summed E-state index contributed by atoms with van der Waals surface area (Å²) in [5, 5.41) is 24.2. The minimum Gasteiger partial charge on any atom is -0.497 e. The number of aromatic carboxylic acids is 1. The van der Waals surface area contributed by atoms with E-state index in [1.807, 2.05) is 31.2 Å². The second kappa shape index (κ2) is 13.3. The molecule has 3 N–H and O–H groups in total. The van der Waals surface area contributed by atoms with E-state index in [0.29, 0.717) is 27.3 Å². The SMILES string of the molecule is COc1cccc(C2(O)CCCCC2CN(C)C)c1.Cc1ccc(Cl)c(Nc2ccccc2C(=O)O)c1Cl. The van der Waals surface area contributed by atoms with Crippen LogP contribution in [-0.2, 0) is 5.60 Å². The Labute approximate surface area is 235 Å². The predicted octanol–water partition coefficient (Wildman–Crippen LogP) is 7.38. The maximum Gasteiger partial charge on any atom is 0.337 e. The number of hydrogen-bond donors (Lipinski definition) is 3. The molecule has 3 aromatic rings. The van der Waals surface area contributed by atoms with E-state index in [1.54, 1.807) is 37.4 Å². The first kappa shape index (κ1) is 29.8. The van der Waals surface area contributed by atoms with E-state index in [4.69, 9.17) is 33.0 Å². The van der Waals surface area contributed by atoms with Gasteiger partial charge >= 0.3 is 5.97 Å². The van der Waals surface area contributed by atoms with E-state index < -0.39 is 11.6 Å². The molecule has 0 aromatic heterocycles. The van der Waals surface area contributed by atoms with Crippen molar-refractivity contribution in [1.82, 2.24) is 4.90 Å². The second-order valence-corrected chi connectivity index (χ2v) is 10.7. The van der Waals surface area contributed by atoms with Gasteiger partial charge in [0.05, 0.1) is 39.7 Å². The van der Waals surface area contributed by atoms with Gasteiger partial charge in [0.2, 0.25) is 0 Å². The van der Waals surface area contributed by atoms with Crippen LogP contribution in [0.25, 0.3) is 0 Å². The molecule has 0 bridgehead atoms. The number of nitrogens with zero attached hydrogens (tertiary/aromatic N) is 1. The number of carboxylic acids is 1. The highest BCUT2D eigenvalue weighted by Crippen LogP contribution is 2.42. The Morgan fingerprint density at radius 3 is 2.53 bits per heavy atom. The number of carboxylic acid groups (broad SMARTS) is 1. The molecular weight excluding hydrogens is 523 g/mol. The Morgan fingerprint density at radius 1 is 1.11 bits per heavy atom. The summed E-state index contributed by atoms with van der Waals surface area (Å²) in [6, 6.07) is 18.0. The molecular formula is C30H36Cl2N2O4. The number of aryl methyl sites for hydroxylation is 1. The Balaban J connectivity index is 0.000000211. The Morgan fingerprint density at radius 2 is 1.84 bits per heavy atom. The van der Waals surface area contributed by atoms with Crippen LogP contribution < -0.4 is 10.1 Å². The molecule has 6 nitrogen and oxygen atoms in total. The molecule has 204 valence electrons. The molecule has 0 radical (unpaired) electrons. The number of para-hydroxylation sites is 1. The van der Waals surface area contributed by atoms with E-state index in [2.05, 4.69) is 24.3 Å². The summed E-state index contributed by atoms with van der Waals surface area (Å²) in [6.07, 6.45) is 4.24. The van der Waals surface area contributed by atoms with Gasteiger partial charge in [-0.25, -0.2) is 4.79 Å². The molecule has 0 spiro atoms. The van der Waals surface area contributed by atoms with Gasteiger partial charge in [0.1, 0.15) is 5.75 Å². The number of methoxy groups -OCH3 is 1. The zero-order chi connectivity index (χ0) is 27.9. The molecule has 1 fully saturated rings. The molecule has 1 aliphatic carbocycles. The number of carbonyl (C=O) groups is 1. The average Bonchev–Trinajstić information content (AvgIpc) is 2.90. The number of rotatable bonds is 7. The molecule has 2 unspecified atom stereocenters. The first-order valence-electron chi connectivity index (χ1n) is 12.6. The molecule has 0 heterocycles. The van der Waals surface area contributed by atoms with Gasteiger partial charge in [-0.1, -0.05) is 66.4 Å². The van der Waals surface area contributed by atoms with Crippen molar-refractivity contribution in [2.75, 3.05) is 33.1 Å². The topological polar surface area (TPSA) is 82.0 Å². The molecule has 0 amide bonds. The smallest absolute Gasteiger partial charge is 0.337 e. The van der Waals surface area contributed by atoms with Crippen molar-refractivity contribution in [3.8, 4) is 5.75 Å². The van der Waals surface area contributed by atoms with Gasteiger partial charge in [0.25, 0.3) is 0 Å². The van der Waals surface area contributed by atoms with Crippen LogP contribution in [0.4, 0.5) is 11.4 Å². The molecule has 38 heavy (non-hydrogen) atoms. The van der Waals surface area contributed by atoms with E-state index >= 15 is 0 Å². The third-order valence-corrected chi connectivity index (χ3v) is 7.69. The van der Waals surface area contributed by atoms with Crippen LogP contribution >= 0.6 is 23.2 Å². The fourth-order valence-electron chi connectivity index (χ4n) is 4.87. The van der Waals surface area contributed by atoms with Crippen molar-refractivity contribution >= 4 is 40.5 Å². The molecule has 3 aromatic carbocycles. The van der Waals surface area contributed by atoms with Crippen LogP contribution in [0.1, 0.15) is 47.2 Å². The number of nitrogens with one attached hydrogen (secondary N) is 1. The third-order valence-electron chi connectivity index (χ3n) is 6.89. The zero-order valence-corrected chi connectivity index (χ0v) is 23.8. The first-order chi connectivity index (χ1) is 18.1. The Bertz CT molecular complexity index is 1250. The standard InChI is InChI=1S/C16H25NO2.C14H11Cl2NO2/c1-17(2)12-14-7-4-5-10-16(14,18)13-8-6-9-15(11-13)19-3;1-8-6-7-10(15)13(12(8)16)17-11-5-3-2-4-9(11)14(18)19/h6,8-9,11,14,18H,4-5,7,10,12H2,1-3H3;2-7,17H,1H3,(H,18,19). The molecule has 2 atom stereocenters. The van der Waals surface area contributed by atoms with E-state index in [-0.39, 0.29) is 5.56 Å². The number of anilines is 2. The van der Waals surface area contributed by atoms with Gasteiger partial charge in [-0.3, -0.25) is 0 Å². The number of ether oxygens (including phenoxy) is 1. The monoisotopic (exact) mass is 558 g/mol. The molecule has 1 saturated carbocycles. The third kappa shape index (κ3) is 7.20. The summed E-state index contributed by atoms with van der Waals surface area (Å²) in [4.78, 5) is 13.3. The highest BCUT2D eigenvalue weighted by Gasteiger charge is 2.40. The molecule has 4 rings (SSSR count). The summed E-state index contributed by atoms with van der Waals surface area (Å²) in [6.45, 7) is 2.78. The lowest BCUT2D eigenvalue weighted by Crippen LogP contribution is -2.43. The molecule has 0 aliphatic heterocycles. The first-order valence-corrected chi connectivity index (χ1v) is 13.4. The lowest BCUT2D eigenvalue weighted by molar-refractivity contribution is -0.0619. The fraction of sp³-hybridized carbons (Fsp3) is 0.367. The highest BCUT2D eigenvalue weighted by atomic mass is 35.5. The van der Waals surface area contributed by atoms with Crippen molar-refractivity contribution in [3.63, 3.8) is 0 Å². The second-order valence-electron chi connectivity index (χ2n) is 9.89. The molecule has 1 aliphatic rings. The summed E-state index contributed by atoms with van der Waals surface area (Å²) in [5.41, 5.74) is 2.27. The molecule has 0 saturated heterocycles. The summed E-state index contributed by atoms with van der Waals surface area (Å²) < 4.78 is 5.29.